The Morgan fingerprint density at radius 2 is 2.21 bits per heavy atom. The van der Waals surface area contributed by atoms with Crippen LogP contribution in [0.3, 0.4) is 0 Å². The van der Waals surface area contributed by atoms with Gasteiger partial charge in [0.2, 0.25) is 10.0 Å². The molecular weight excluding hydrogens is 202 g/mol. The summed E-state index contributed by atoms with van der Waals surface area (Å²) in [5.74, 6) is 0.532. The average molecular weight is 221 g/mol. The fraction of sp³-hybridized carbons (Fsp3) is 1.00. The molecule has 1 unspecified atom stereocenters. The summed E-state index contributed by atoms with van der Waals surface area (Å²) in [6.07, 6.45) is 1.94. The van der Waals surface area contributed by atoms with Crippen LogP contribution in [0.25, 0.3) is 0 Å². The molecule has 1 aliphatic rings. The quantitative estimate of drug-likeness (QED) is 0.745. The monoisotopic (exact) mass is 221 g/mol. The molecule has 0 spiro atoms. The highest BCUT2D eigenvalue weighted by molar-refractivity contribution is 7.90. The summed E-state index contributed by atoms with van der Waals surface area (Å²) in [5.41, 5.74) is 0. The van der Waals surface area contributed by atoms with Gasteiger partial charge in [0.25, 0.3) is 0 Å². The van der Waals surface area contributed by atoms with Crippen molar-refractivity contribution in [2.75, 3.05) is 19.8 Å². The minimum absolute atomic E-state index is 0.345. The Balaban J connectivity index is 2.20. The molecule has 14 heavy (non-hydrogen) atoms. The lowest BCUT2D eigenvalue weighted by Crippen LogP contribution is -2.32. The second kappa shape index (κ2) is 5.09. The van der Waals surface area contributed by atoms with Crippen LogP contribution in [-0.2, 0) is 14.8 Å². The molecule has 1 fully saturated rings. The van der Waals surface area contributed by atoms with Crippen LogP contribution in [0.15, 0.2) is 0 Å². The summed E-state index contributed by atoms with van der Waals surface area (Å²) in [5, 5.41) is -0.345. The van der Waals surface area contributed by atoms with Gasteiger partial charge in [0.1, 0.15) is 0 Å². The Kier molecular flexibility index (Phi) is 4.34. The third kappa shape index (κ3) is 3.55. The number of nitrogens with one attached hydrogen (secondary N) is 1. The van der Waals surface area contributed by atoms with Crippen molar-refractivity contribution in [3.05, 3.63) is 0 Å². The first-order chi connectivity index (χ1) is 6.52. The van der Waals surface area contributed by atoms with Crippen LogP contribution < -0.4 is 4.72 Å². The van der Waals surface area contributed by atoms with E-state index in [2.05, 4.69) is 4.72 Å². The van der Waals surface area contributed by atoms with Gasteiger partial charge in [-0.3, -0.25) is 0 Å². The molecule has 4 nitrogen and oxygen atoms in total. The minimum Gasteiger partial charge on any atom is -0.381 e. The highest BCUT2D eigenvalue weighted by atomic mass is 32.2. The van der Waals surface area contributed by atoms with Gasteiger partial charge in [-0.25, -0.2) is 13.1 Å². The summed E-state index contributed by atoms with van der Waals surface area (Å²) in [7, 11) is -3.08. The van der Waals surface area contributed by atoms with Gasteiger partial charge >= 0.3 is 0 Å². The average Bonchev–Trinajstić information content (AvgIpc) is 2.56. The number of rotatable bonds is 5. The molecule has 0 bridgehead atoms. The predicted molar refractivity (Wildman–Crippen MR) is 55.6 cm³/mol. The molecule has 0 saturated carbocycles. The summed E-state index contributed by atoms with van der Waals surface area (Å²) in [6.45, 7) is 5.50. The van der Waals surface area contributed by atoms with E-state index >= 15 is 0 Å². The predicted octanol–water partition coefficient (Wildman–Crippen LogP) is 0.741. The summed E-state index contributed by atoms with van der Waals surface area (Å²) in [4.78, 5) is 0. The van der Waals surface area contributed by atoms with Crippen LogP contribution in [0.2, 0.25) is 0 Å². The molecular formula is C9H19NO3S. The second-order valence-corrected chi connectivity index (χ2v) is 6.33. The highest BCUT2D eigenvalue weighted by Gasteiger charge is 2.18. The summed E-state index contributed by atoms with van der Waals surface area (Å²) < 4.78 is 30.5. The van der Waals surface area contributed by atoms with Crippen LogP contribution in [0.5, 0.6) is 0 Å². The van der Waals surface area contributed by atoms with Crippen LogP contribution >= 0.6 is 0 Å². The van der Waals surface area contributed by atoms with E-state index in [4.69, 9.17) is 4.74 Å². The van der Waals surface area contributed by atoms with Crippen molar-refractivity contribution in [2.45, 2.75) is 31.9 Å². The van der Waals surface area contributed by atoms with E-state index in [9.17, 15) is 8.42 Å². The van der Waals surface area contributed by atoms with E-state index in [1.54, 1.807) is 13.8 Å². The van der Waals surface area contributed by atoms with Gasteiger partial charge < -0.3 is 4.74 Å². The third-order valence-electron chi connectivity index (χ3n) is 2.50. The minimum atomic E-state index is -3.08. The SMILES string of the molecule is CC(C)S(=O)(=O)NCCC1CCOC1. The molecule has 0 aliphatic carbocycles. The number of ether oxygens (including phenoxy) is 1. The first-order valence-corrected chi connectivity index (χ1v) is 6.63. The first kappa shape index (κ1) is 11.9. The lowest BCUT2D eigenvalue weighted by Gasteiger charge is -2.11. The van der Waals surface area contributed by atoms with Gasteiger partial charge in [-0.05, 0) is 32.6 Å². The Bertz CT molecular complexity index is 255. The fourth-order valence-corrected chi connectivity index (χ4v) is 2.12. The van der Waals surface area contributed by atoms with Crippen molar-refractivity contribution in [1.82, 2.24) is 4.72 Å². The molecule has 1 aliphatic heterocycles. The lowest BCUT2D eigenvalue weighted by molar-refractivity contribution is 0.184. The Morgan fingerprint density at radius 3 is 2.71 bits per heavy atom. The molecule has 0 aromatic carbocycles. The Labute approximate surface area is 86.1 Å². The van der Waals surface area contributed by atoms with E-state index in [-0.39, 0.29) is 5.25 Å². The maximum atomic E-state index is 11.4. The lowest BCUT2D eigenvalue weighted by atomic mass is 10.1. The molecule has 0 radical (unpaired) electrons. The van der Waals surface area contributed by atoms with E-state index in [0.717, 1.165) is 26.1 Å². The molecule has 1 N–H and O–H groups in total. The largest absolute Gasteiger partial charge is 0.381 e. The van der Waals surface area contributed by atoms with Crippen molar-refractivity contribution in [1.29, 1.82) is 0 Å². The number of sulfonamides is 1. The zero-order valence-electron chi connectivity index (χ0n) is 8.82. The Morgan fingerprint density at radius 1 is 1.50 bits per heavy atom. The van der Waals surface area contributed by atoms with Crippen LogP contribution in [-0.4, -0.2) is 33.4 Å². The zero-order valence-corrected chi connectivity index (χ0v) is 9.64. The van der Waals surface area contributed by atoms with Gasteiger partial charge in [-0.1, -0.05) is 0 Å². The zero-order chi connectivity index (χ0) is 10.6. The maximum Gasteiger partial charge on any atom is 0.213 e. The van der Waals surface area contributed by atoms with Crippen molar-refractivity contribution < 1.29 is 13.2 Å². The van der Waals surface area contributed by atoms with E-state index in [0.29, 0.717) is 12.5 Å². The fourth-order valence-electron chi connectivity index (χ4n) is 1.38. The topological polar surface area (TPSA) is 55.4 Å². The van der Waals surface area contributed by atoms with Crippen LogP contribution in [0.1, 0.15) is 26.7 Å². The van der Waals surface area contributed by atoms with Crippen molar-refractivity contribution in [3.8, 4) is 0 Å². The first-order valence-electron chi connectivity index (χ1n) is 5.08. The van der Waals surface area contributed by atoms with Gasteiger partial charge in [0.05, 0.1) is 5.25 Å². The molecule has 1 saturated heterocycles. The Hall–Kier alpha value is -0.130. The van der Waals surface area contributed by atoms with Crippen LogP contribution in [0, 0.1) is 5.92 Å². The van der Waals surface area contributed by atoms with Gasteiger partial charge in [-0.15, -0.1) is 0 Å². The molecule has 1 heterocycles. The van der Waals surface area contributed by atoms with E-state index in [1.807, 2.05) is 0 Å². The van der Waals surface area contributed by atoms with E-state index < -0.39 is 10.0 Å². The normalized spacial score (nSPS) is 23.2. The van der Waals surface area contributed by atoms with Crippen molar-refractivity contribution in [3.63, 3.8) is 0 Å². The summed E-state index contributed by atoms with van der Waals surface area (Å²) in [6, 6.07) is 0. The standard InChI is InChI=1S/C9H19NO3S/c1-8(2)14(11,12)10-5-3-9-4-6-13-7-9/h8-10H,3-7H2,1-2H3. The molecule has 0 aromatic rings. The highest BCUT2D eigenvalue weighted by Crippen LogP contribution is 2.15. The van der Waals surface area contributed by atoms with Crippen molar-refractivity contribution in [2.24, 2.45) is 5.92 Å². The molecule has 0 amide bonds. The smallest absolute Gasteiger partial charge is 0.213 e. The third-order valence-corrected chi connectivity index (χ3v) is 4.35. The second-order valence-electron chi connectivity index (χ2n) is 4.01. The van der Waals surface area contributed by atoms with E-state index in [1.165, 1.54) is 0 Å². The summed E-state index contributed by atoms with van der Waals surface area (Å²) >= 11 is 0. The molecule has 1 rings (SSSR count). The molecule has 5 heteroatoms. The number of hydrogen-bond acceptors (Lipinski definition) is 3. The van der Waals surface area contributed by atoms with Gasteiger partial charge in [0.15, 0.2) is 0 Å². The van der Waals surface area contributed by atoms with Gasteiger partial charge in [0, 0.05) is 19.8 Å². The van der Waals surface area contributed by atoms with Crippen molar-refractivity contribution >= 4 is 10.0 Å². The van der Waals surface area contributed by atoms with Crippen LogP contribution in [0.4, 0.5) is 0 Å². The molecule has 1 atom stereocenters. The molecule has 84 valence electrons. The van der Waals surface area contributed by atoms with Gasteiger partial charge in [-0.2, -0.15) is 0 Å². The maximum absolute atomic E-state index is 11.4. The molecule has 0 aromatic heterocycles. The number of hydrogen-bond donors (Lipinski definition) is 1.